The second kappa shape index (κ2) is 28.0. The number of aliphatic hydroxyl groups excluding tert-OH is 7. The lowest BCUT2D eigenvalue weighted by Crippen LogP contribution is -2.68. The lowest BCUT2D eigenvalue weighted by Gasteiger charge is -2.47. The highest BCUT2D eigenvalue weighted by Crippen LogP contribution is 2.32. The molecule has 3 aromatic heterocycles. The molecule has 2 aliphatic heterocycles. The third-order valence-corrected chi connectivity index (χ3v) is 16.6. The van der Waals surface area contributed by atoms with E-state index in [1.165, 1.54) is 10.4 Å². The number of imidazole rings is 2. The number of aromatic nitrogens is 7. The van der Waals surface area contributed by atoms with Crippen LogP contribution in [0.15, 0.2) is 66.9 Å². The average molecular weight is 1260 g/mol. The van der Waals surface area contributed by atoms with Gasteiger partial charge >= 0.3 is 0 Å². The lowest BCUT2D eigenvalue weighted by molar-refractivity contribution is -0.347. The number of benzene rings is 3. The lowest BCUT2D eigenvalue weighted by atomic mass is 9.84. The van der Waals surface area contributed by atoms with Crippen LogP contribution in [0.25, 0.3) is 44.8 Å². The van der Waals surface area contributed by atoms with Gasteiger partial charge in [-0.05, 0) is 93.4 Å². The number of aliphatic hydroxyl groups is 7. The quantitative estimate of drug-likeness (QED) is 0.0113. The summed E-state index contributed by atoms with van der Waals surface area (Å²) in [6.07, 6.45) is -12.0. The van der Waals surface area contributed by atoms with E-state index in [9.17, 15) is 35.7 Å². The Kier molecular flexibility index (Phi) is 21.1. The number of fused-ring (bicyclic) bond motifs is 2. The third kappa shape index (κ3) is 14.9. The minimum absolute atomic E-state index is 0.0232. The molecule has 28 nitrogen and oxygen atoms in total. The number of aryl methyl sites for hydroxylation is 1. The van der Waals surface area contributed by atoms with Gasteiger partial charge in [0.15, 0.2) is 12.6 Å². The Labute approximate surface area is 486 Å². The fourth-order valence-electron chi connectivity index (χ4n) is 10.3. The minimum Gasteiger partial charge on any atom is -0.494 e. The smallest absolute Gasteiger partial charge is 0.269 e. The molecule has 82 heavy (non-hydrogen) atoms. The van der Waals surface area contributed by atoms with Gasteiger partial charge < -0.3 is 118 Å². The molecule has 0 radical (unpaired) electrons. The average Bonchev–Trinajstić information content (AvgIpc) is 4.28. The van der Waals surface area contributed by atoms with Crippen LogP contribution in [0.1, 0.15) is 25.0 Å². The van der Waals surface area contributed by atoms with Crippen LogP contribution in [0.2, 0.25) is 0 Å². The summed E-state index contributed by atoms with van der Waals surface area (Å²) in [4.78, 5) is 21.5. The number of aromatic amines is 2. The number of hydrogen-bond acceptors (Lipinski definition) is 25. The minimum atomic E-state index is -2.14. The standard InChI is InChI=1S/C53H78IN15O13/c1-67-13-15-68(16-14-67)29-8-12-36-38(19-29)64-50(62-36)27-7-11-35-37(18-27)63-49(61-35)26-5-9-30(10-6-26)77-17-3-2-4-28-23-69(66-65-28)24-31(25-78-51(75)40(59)45(73)42(70)32(54)21-55)79-53(76)82-48-43(71)33(57)20-34(58)47(48)81-52-41(60)46(74)44(72)39(22-56)80-52/h5-12,18-19,23,31-34,39-48,51-53,70-76H,2-4,13-17,20-22,24-25,55-60H2,1H3,(H,61,63)(H,62,64)/t31-,32+,33-,34?,39?,40?,41?,42-,43-,44-,45?,46-,47-,48?,51-,52+,53+/m1/s1. The van der Waals surface area contributed by atoms with Crippen molar-refractivity contribution in [2.24, 2.45) is 34.4 Å². The summed E-state index contributed by atoms with van der Waals surface area (Å²) in [6, 6.07) is 15.6. The highest BCUT2D eigenvalue weighted by molar-refractivity contribution is 14.1. The molecule has 3 aliphatic rings. The molecule has 1 saturated carbocycles. The van der Waals surface area contributed by atoms with Gasteiger partial charge in [0.25, 0.3) is 6.48 Å². The van der Waals surface area contributed by atoms with Crippen molar-refractivity contribution >= 4 is 50.3 Å². The number of nitrogens with one attached hydrogen (secondary N) is 2. The Morgan fingerprint density at radius 2 is 1.49 bits per heavy atom. The van der Waals surface area contributed by atoms with Crippen molar-refractivity contribution in [1.29, 1.82) is 0 Å². The summed E-state index contributed by atoms with van der Waals surface area (Å²) in [7, 11) is 2.15. The Bertz CT molecular complexity index is 2950. The molecular weight excluding hydrogens is 1180 g/mol. The second-order valence-electron chi connectivity index (χ2n) is 21.3. The number of alkyl halides is 1. The van der Waals surface area contributed by atoms with E-state index >= 15 is 0 Å². The highest BCUT2D eigenvalue weighted by Gasteiger charge is 2.49. The van der Waals surface area contributed by atoms with Gasteiger partial charge in [-0.25, -0.2) is 14.6 Å². The van der Waals surface area contributed by atoms with E-state index in [1.807, 2.05) is 59.0 Å². The van der Waals surface area contributed by atoms with Crippen molar-refractivity contribution in [3.8, 4) is 28.5 Å². The maximum absolute atomic E-state index is 11.3. The van der Waals surface area contributed by atoms with Gasteiger partial charge in [0.05, 0.1) is 75.7 Å². The van der Waals surface area contributed by atoms with Crippen LogP contribution in [-0.4, -0.2) is 237 Å². The molecule has 0 amide bonds. The molecule has 29 heteroatoms. The number of nitrogens with zero attached hydrogens (tertiary/aromatic N) is 7. The number of rotatable bonds is 26. The second-order valence-corrected chi connectivity index (χ2v) is 22.9. The van der Waals surface area contributed by atoms with Gasteiger partial charge in [-0.1, -0.05) is 27.8 Å². The maximum Gasteiger partial charge on any atom is 0.269 e. The Balaban J connectivity index is 0.779. The van der Waals surface area contributed by atoms with Crippen LogP contribution in [-0.2, 0) is 36.6 Å². The number of H-pyrrole nitrogens is 2. The van der Waals surface area contributed by atoms with Crippen molar-refractivity contribution in [2.75, 3.05) is 64.4 Å². The first-order valence-electron chi connectivity index (χ1n) is 27.5. The van der Waals surface area contributed by atoms with E-state index < -0.39 is 109 Å². The molecule has 2 saturated heterocycles. The van der Waals surface area contributed by atoms with Crippen molar-refractivity contribution < 1.29 is 64.2 Å². The molecule has 0 bridgehead atoms. The van der Waals surface area contributed by atoms with Gasteiger partial charge in [0.1, 0.15) is 60.1 Å². The van der Waals surface area contributed by atoms with E-state index in [0.717, 1.165) is 71.0 Å². The number of ether oxygens (including phenoxy) is 6. The van der Waals surface area contributed by atoms with Crippen LogP contribution in [0.4, 0.5) is 5.69 Å². The number of hydrogen-bond donors (Lipinski definition) is 15. The van der Waals surface area contributed by atoms with Crippen LogP contribution >= 0.6 is 22.6 Å². The normalized spacial score (nSPS) is 27.3. The first-order valence-corrected chi connectivity index (χ1v) is 28.7. The zero-order chi connectivity index (χ0) is 58.4. The summed E-state index contributed by atoms with van der Waals surface area (Å²) in [5, 5.41) is 84.1. The van der Waals surface area contributed by atoms with Gasteiger partial charge in [-0.2, -0.15) is 0 Å². The fraction of sp³-hybridized carbons (Fsp3) is 0.585. The summed E-state index contributed by atoms with van der Waals surface area (Å²) >= 11 is 1.85. The Hall–Kier alpha value is -4.69. The van der Waals surface area contributed by atoms with Gasteiger partial charge in [-0.15, -0.1) is 5.10 Å². The fourth-order valence-corrected chi connectivity index (χ4v) is 10.7. The highest BCUT2D eigenvalue weighted by atomic mass is 127. The van der Waals surface area contributed by atoms with Crippen molar-refractivity contribution in [1.82, 2.24) is 39.8 Å². The van der Waals surface area contributed by atoms with Crippen LogP contribution in [0.5, 0.6) is 5.75 Å². The SMILES string of the molecule is CN1CCN(c2ccc3nc(-c4ccc5nc(-c6ccc(OCCCCc7cn(C[C@H](CO[C@@H](O)C(N)C(O)[C@H](O)[C@@H](I)CN)O[C@H](O)OC8[C@H](O[C@@H]9OC(CN)[C@@H](O)[C@H](O)C9N)C(N)C[C@@H](N)[C@H]8O)nn7)cc6)[nH]c5c4)[nH]c3c2)CC1. The topological polar surface area (TPSA) is 448 Å². The monoisotopic (exact) mass is 1260 g/mol. The zero-order valence-electron chi connectivity index (χ0n) is 45.4. The molecule has 9 rings (SSSR count). The number of anilines is 1. The molecule has 6 aromatic rings. The van der Waals surface area contributed by atoms with Crippen LogP contribution < -0.4 is 44.0 Å². The van der Waals surface area contributed by atoms with E-state index in [4.69, 9.17) is 72.8 Å². The molecule has 6 unspecified atom stereocenters. The molecule has 3 aromatic carbocycles. The van der Waals surface area contributed by atoms with E-state index in [1.54, 1.807) is 6.20 Å². The predicted octanol–water partition coefficient (Wildman–Crippen LogP) is -2.75. The number of likely N-dealkylation sites (N-methyl/N-ethyl adjacent to an activating group) is 1. The molecule has 450 valence electrons. The van der Waals surface area contributed by atoms with Gasteiger partial charge in [-0.3, -0.25) is 0 Å². The summed E-state index contributed by atoms with van der Waals surface area (Å²) in [6.45, 7) is 1.56. The zero-order valence-corrected chi connectivity index (χ0v) is 47.6. The summed E-state index contributed by atoms with van der Waals surface area (Å²) < 4.78 is 36.0. The third-order valence-electron chi connectivity index (χ3n) is 15.3. The predicted molar refractivity (Wildman–Crippen MR) is 308 cm³/mol. The van der Waals surface area contributed by atoms with Gasteiger partial charge in [0.2, 0.25) is 0 Å². The number of nitrogens with two attached hydrogens (primary N) is 6. The summed E-state index contributed by atoms with van der Waals surface area (Å²) in [5.74, 6) is 2.22. The van der Waals surface area contributed by atoms with E-state index in [0.29, 0.717) is 37.3 Å². The Morgan fingerprint density at radius 1 is 0.805 bits per heavy atom. The molecule has 3 fully saturated rings. The van der Waals surface area contributed by atoms with Gasteiger partial charge in [0, 0.05) is 74.4 Å². The first-order chi connectivity index (χ1) is 39.4. The molecule has 1 aliphatic carbocycles. The van der Waals surface area contributed by atoms with Crippen LogP contribution in [0.3, 0.4) is 0 Å². The molecular formula is C53H78IN15O13. The number of piperazine rings is 1. The maximum atomic E-state index is 11.3. The molecule has 5 heterocycles. The van der Waals surface area contributed by atoms with Crippen molar-refractivity contribution in [2.45, 2.75) is 134 Å². The van der Waals surface area contributed by atoms with Crippen LogP contribution in [0, 0.1) is 0 Å². The van der Waals surface area contributed by atoms with Crippen molar-refractivity contribution in [3.63, 3.8) is 0 Å². The van der Waals surface area contributed by atoms with E-state index in [-0.39, 0.29) is 26.1 Å². The van der Waals surface area contributed by atoms with Crippen molar-refractivity contribution in [3.05, 3.63) is 72.6 Å². The Morgan fingerprint density at radius 3 is 2.20 bits per heavy atom. The molecule has 21 N–H and O–H groups in total. The first kappa shape index (κ1) is 61.9. The summed E-state index contributed by atoms with van der Waals surface area (Å²) in [5.41, 5.74) is 43.6. The number of unbranched alkanes of at least 4 members (excludes halogenated alkanes) is 1. The van der Waals surface area contributed by atoms with E-state index in [2.05, 4.69) is 61.4 Å². The molecule has 0 spiro atoms. The molecule has 17 atom stereocenters. The largest absolute Gasteiger partial charge is 0.494 e. The number of halogens is 1.